The first-order valence-corrected chi connectivity index (χ1v) is 7.67. The van der Waals surface area contributed by atoms with Crippen molar-refractivity contribution in [3.63, 3.8) is 0 Å². The fraction of sp³-hybridized carbons (Fsp3) is 0.0588. The number of carbonyl (C=O) groups is 2. The second-order valence-electron chi connectivity index (χ2n) is 4.76. The zero-order valence-electron chi connectivity index (χ0n) is 11.9. The van der Waals surface area contributed by atoms with Crippen LogP contribution in [0.4, 0.5) is 5.69 Å². The predicted molar refractivity (Wildman–Crippen MR) is 89.6 cm³/mol. The van der Waals surface area contributed by atoms with Crippen molar-refractivity contribution in [1.29, 1.82) is 0 Å². The Kier molecular flexibility index (Phi) is 3.89. The van der Waals surface area contributed by atoms with Crippen LogP contribution in [0, 0.1) is 0 Å². The molecule has 0 aliphatic rings. The van der Waals surface area contributed by atoms with Crippen molar-refractivity contribution in [1.82, 2.24) is 5.32 Å². The zero-order chi connectivity index (χ0) is 15.5. The van der Waals surface area contributed by atoms with Crippen LogP contribution in [0.1, 0.15) is 20.7 Å². The van der Waals surface area contributed by atoms with Crippen LogP contribution < -0.4 is 10.6 Å². The van der Waals surface area contributed by atoms with E-state index in [1.54, 1.807) is 31.3 Å². The molecule has 0 spiro atoms. The molecule has 110 valence electrons. The van der Waals surface area contributed by atoms with Gasteiger partial charge >= 0.3 is 0 Å². The van der Waals surface area contributed by atoms with Gasteiger partial charge in [0.05, 0.1) is 5.56 Å². The van der Waals surface area contributed by atoms with Gasteiger partial charge in [0.15, 0.2) is 0 Å². The maximum absolute atomic E-state index is 12.4. The molecule has 0 aliphatic heterocycles. The van der Waals surface area contributed by atoms with Crippen LogP contribution >= 0.6 is 11.3 Å². The van der Waals surface area contributed by atoms with Gasteiger partial charge in [0.1, 0.15) is 0 Å². The smallest absolute Gasteiger partial charge is 0.257 e. The molecule has 3 aromatic rings. The molecule has 0 aliphatic carbocycles. The quantitative estimate of drug-likeness (QED) is 0.777. The van der Waals surface area contributed by atoms with Gasteiger partial charge in [0.25, 0.3) is 11.8 Å². The molecule has 4 nitrogen and oxygen atoms in total. The molecular formula is C17H14N2O2S. The summed E-state index contributed by atoms with van der Waals surface area (Å²) in [6, 6.07) is 14.7. The molecule has 0 unspecified atom stereocenters. The standard InChI is InChI=1S/C17H14N2O2S/c1-18-16(20)11-5-4-6-12(9-11)19-17(21)14-10-22-15-8-3-2-7-13(14)15/h2-10H,1H3,(H,18,20)(H,19,21). The molecule has 3 rings (SSSR count). The summed E-state index contributed by atoms with van der Waals surface area (Å²) in [5, 5.41) is 8.19. The molecule has 1 aromatic heterocycles. The van der Waals surface area contributed by atoms with Gasteiger partial charge in [-0.3, -0.25) is 9.59 Å². The molecule has 0 fully saturated rings. The molecule has 0 saturated carbocycles. The van der Waals surface area contributed by atoms with Crippen LogP contribution in [-0.2, 0) is 0 Å². The Labute approximate surface area is 131 Å². The minimum Gasteiger partial charge on any atom is -0.355 e. The van der Waals surface area contributed by atoms with E-state index in [0.717, 1.165) is 10.1 Å². The lowest BCUT2D eigenvalue weighted by Crippen LogP contribution is -2.18. The third kappa shape index (κ3) is 2.71. The average molecular weight is 310 g/mol. The number of thiophene rings is 1. The SMILES string of the molecule is CNC(=O)c1cccc(NC(=O)c2csc3ccccc23)c1. The monoisotopic (exact) mass is 310 g/mol. The van der Waals surface area contributed by atoms with Gasteiger partial charge in [-0.2, -0.15) is 0 Å². The van der Waals surface area contributed by atoms with Crippen LogP contribution in [0.15, 0.2) is 53.9 Å². The first kappa shape index (κ1) is 14.3. The van der Waals surface area contributed by atoms with Gasteiger partial charge in [-0.1, -0.05) is 24.3 Å². The van der Waals surface area contributed by atoms with Crippen molar-refractivity contribution in [3.8, 4) is 0 Å². The molecule has 2 N–H and O–H groups in total. The summed E-state index contributed by atoms with van der Waals surface area (Å²) in [5.74, 6) is -0.358. The number of benzene rings is 2. The second kappa shape index (κ2) is 5.99. The highest BCUT2D eigenvalue weighted by atomic mass is 32.1. The number of anilines is 1. The molecule has 0 atom stereocenters. The number of carbonyl (C=O) groups excluding carboxylic acids is 2. The van der Waals surface area contributed by atoms with Crippen LogP contribution in [0.5, 0.6) is 0 Å². The number of amides is 2. The lowest BCUT2D eigenvalue weighted by atomic mass is 10.1. The van der Waals surface area contributed by atoms with Crippen molar-refractivity contribution in [3.05, 3.63) is 65.0 Å². The minimum atomic E-state index is -0.183. The molecular weight excluding hydrogens is 296 g/mol. The summed E-state index contributed by atoms with van der Waals surface area (Å²) < 4.78 is 1.08. The van der Waals surface area contributed by atoms with Crippen LogP contribution in [0.25, 0.3) is 10.1 Å². The van der Waals surface area contributed by atoms with Crippen LogP contribution in [0.3, 0.4) is 0 Å². The summed E-state index contributed by atoms with van der Waals surface area (Å²) in [6.07, 6.45) is 0. The molecule has 0 bridgehead atoms. The first-order chi connectivity index (χ1) is 10.7. The first-order valence-electron chi connectivity index (χ1n) is 6.79. The average Bonchev–Trinajstić information content (AvgIpc) is 2.98. The van der Waals surface area contributed by atoms with E-state index in [9.17, 15) is 9.59 Å². The molecule has 0 saturated heterocycles. The molecule has 1 heterocycles. The Bertz CT molecular complexity index is 854. The predicted octanol–water partition coefficient (Wildman–Crippen LogP) is 3.51. The van der Waals surface area contributed by atoms with Crippen LogP contribution in [0.2, 0.25) is 0 Å². The largest absolute Gasteiger partial charge is 0.355 e. The van der Waals surface area contributed by atoms with Crippen molar-refractivity contribution in [2.45, 2.75) is 0 Å². The summed E-state index contributed by atoms with van der Waals surface area (Å²) in [5.41, 5.74) is 1.75. The van der Waals surface area contributed by atoms with Gasteiger partial charge in [-0.25, -0.2) is 0 Å². The number of hydrogen-bond acceptors (Lipinski definition) is 3. The van der Waals surface area contributed by atoms with Gasteiger partial charge < -0.3 is 10.6 Å². The van der Waals surface area contributed by atoms with E-state index in [1.165, 1.54) is 11.3 Å². The van der Waals surface area contributed by atoms with E-state index >= 15 is 0 Å². The van der Waals surface area contributed by atoms with E-state index in [0.29, 0.717) is 16.8 Å². The molecule has 5 heteroatoms. The topological polar surface area (TPSA) is 58.2 Å². The summed E-state index contributed by atoms with van der Waals surface area (Å²) in [4.78, 5) is 24.1. The summed E-state index contributed by atoms with van der Waals surface area (Å²) in [6.45, 7) is 0. The Balaban J connectivity index is 1.87. The highest BCUT2D eigenvalue weighted by molar-refractivity contribution is 7.17. The number of hydrogen-bond donors (Lipinski definition) is 2. The van der Waals surface area contributed by atoms with Gasteiger partial charge in [-0.15, -0.1) is 11.3 Å². The third-order valence-electron chi connectivity index (χ3n) is 3.34. The van der Waals surface area contributed by atoms with Crippen molar-refractivity contribution < 1.29 is 9.59 Å². The highest BCUT2D eigenvalue weighted by Crippen LogP contribution is 2.26. The second-order valence-corrected chi connectivity index (χ2v) is 5.67. The maximum Gasteiger partial charge on any atom is 0.257 e. The minimum absolute atomic E-state index is 0.175. The van der Waals surface area contributed by atoms with E-state index in [-0.39, 0.29) is 11.8 Å². The summed E-state index contributed by atoms with van der Waals surface area (Å²) in [7, 11) is 1.57. The maximum atomic E-state index is 12.4. The van der Waals surface area contributed by atoms with E-state index in [4.69, 9.17) is 0 Å². The number of rotatable bonds is 3. The van der Waals surface area contributed by atoms with Gasteiger partial charge in [-0.05, 0) is 24.3 Å². The fourth-order valence-electron chi connectivity index (χ4n) is 2.23. The number of nitrogens with one attached hydrogen (secondary N) is 2. The highest BCUT2D eigenvalue weighted by Gasteiger charge is 2.12. The summed E-state index contributed by atoms with van der Waals surface area (Å²) >= 11 is 1.54. The molecule has 0 radical (unpaired) electrons. The van der Waals surface area contributed by atoms with E-state index in [2.05, 4.69) is 10.6 Å². The van der Waals surface area contributed by atoms with Gasteiger partial charge in [0.2, 0.25) is 0 Å². The van der Waals surface area contributed by atoms with Crippen LogP contribution in [-0.4, -0.2) is 18.9 Å². The van der Waals surface area contributed by atoms with Gasteiger partial charge in [0, 0.05) is 33.8 Å². The van der Waals surface area contributed by atoms with Crippen molar-refractivity contribution >= 4 is 38.9 Å². The fourth-order valence-corrected chi connectivity index (χ4v) is 3.18. The lowest BCUT2D eigenvalue weighted by molar-refractivity contribution is 0.0961. The van der Waals surface area contributed by atoms with E-state index < -0.39 is 0 Å². The third-order valence-corrected chi connectivity index (χ3v) is 4.30. The van der Waals surface area contributed by atoms with E-state index in [1.807, 2.05) is 29.6 Å². The van der Waals surface area contributed by atoms with Crippen molar-refractivity contribution in [2.75, 3.05) is 12.4 Å². The Morgan fingerprint density at radius 3 is 2.64 bits per heavy atom. The Hall–Kier alpha value is -2.66. The number of fused-ring (bicyclic) bond motifs is 1. The lowest BCUT2D eigenvalue weighted by Gasteiger charge is -2.06. The normalized spacial score (nSPS) is 10.4. The Morgan fingerprint density at radius 1 is 1.00 bits per heavy atom. The Morgan fingerprint density at radius 2 is 1.82 bits per heavy atom. The molecule has 2 amide bonds. The van der Waals surface area contributed by atoms with Crippen molar-refractivity contribution in [2.24, 2.45) is 0 Å². The zero-order valence-corrected chi connectivity index (χ0v) is 12.7. The molecule has 2 aromatic carbocycles. The molecule has 22 heavy (non-hydrogen) atoms.